The zero-order chi connectivity index (χ0) is 8.55. The third-order valence-electron chi connectivity index (χ3n) is 2.39. The van der Waals surface area contributed by atoms with E-state index >= 15 is 0 Å². The lowest BCUT2D eigenvalue weighted by Crippen LogP contribution is -2.51. The minimum Gasteiger partial charge on any atom is -0.390 e. The van der Waals surface area contributed by atoms with Crippen LogP contribution in [0.25, 0.3) is 0 Å². The van der Waals surface area contributed by atoms with Crippen molar-refractivity contribution in [1.82, 2.24) is 4.90 Å². The fourth-order valence-electron chi connectivity index (χ4n) is 1.51. The van der Waals surface area contributed by atoms with Crippen molar-refractivity contribution in [2.24, 2.45) is 0 Å². The van der Waals surface area contributed by atoms with E-state index in [1.54, 1.807) is 11.3 Å². The predicted molar refractivity (Wildman–Crippen MR) is 50.3 cm³/mol. The van der Waals surface area contributed by atoms with Crippen LogP contribution in [0.4, 0.5) is 0 Å². The number of rotatable bonds is 2. The minimum absolute atomic E-state index is 0.0904. The van der Waals surface area contributed by atoms with Crippen LogP contribution in [0.2, 0.25) is 0 Å². The average Bonchev–Trinajstić information content (AvgIpc) is 2.49. The molecule has 1 aliphatic heterocycles. The molecule has 1 N–H and O–H groups in total. The zero-order valence-electron chi connectivity index (χ0n) is 7.10. The Morgan fingerprint density at radius 2 is 2.42 bits per heavy atom. The van der Waals surface area contributed by atoms with Gasteiger partial charge in [0.1, 0.15) is 0 Å². The Morgan fingerprint density at radius 1 is 1.67 bits per heavy atom. The SMILES string of the molecule is CC(c1cccs1)N1CC(O)C1. The highest BCUT2D eigenvalue weighted by Crippen LogP contribution is 2.27. The van der Waals surface area contributed by atoms with Crippen LogP contribution < -0.4 is 0 Å². The van der Waals surface area contributed by atoms with Crippen molar-refractivity contribution < 1.29 is 5.11 Å². The van der Waals surface area contributed by atoms with Crippen molar-refractivity contribution in [3.63, 3.8) is 0 Å². The van der Waals surface area contributed by atoms with E-state index in [-0.39, 0.29) is 6.10 Å². The van der Waals surface area contributed by atoms with Crippen LogP contribution in [0, 0.1) is 0 Å². The minimum atomic E-state index is -0.0904. The van der Waals surface area contributed by atoms with Gasteiger partial charge in [-0.2, -0.15) is 0 Å². The van der Waals surface area contributed by atoms with Crippen LogP contribution in [-0.4, -0.2) is 29.2 Å². The Labute approximate surface area is 76.4 Å². The van der Waals surface area contributed by atoms with E-state index in [1.165, 1.54) is 4.88 Å². The molecule has 0 bridgehead atoms. The van der Waals surface area contributed by atoms with Gasteiger partial charge < -0.3 is 5.11 Å². The Hall–Kier alpha value is -0.380. The first-order valence-corrected chi connectivity index (χ1v) is 5.11. The Kier molecular flexibility index (Phi) is 2.17. The van der Waals surface area contributed by atoms with Crippen LogP contribution in [-0.2, 0) is 0 Å². The summed E-state index contributed by atoms with van der Waals surface area (Å²) in [5.74, 6) is 0. The van der Waals surface area contributed by atoms with E-state index in [0.29, 0.717) is 6.04 Å². The third kappa shape index (κ3) is 1.40. The number of aliphatic hydroxyl groups is 1. The largest absolute Gasteiger partial charge is 0.390 e. The van der Waals surface area contributed by atoms with E-state index in [2.05, 4.69) is 29.3 Å². The zero-order valence-corrected chi connectivity index (χ0v) is 7.92. The van der Waals surface area contributed by atoms with E-state index in [9.17, 15) is 0 Å². The Bertz CT molecular complexity index is 241. The monoisotopic (exact) mass is 183 g/mol. The molecule has 66 valence electrons. The first-order chi connectivity index (χ1) is 5.77. The summed E-state index contributed by atoms with van der Waals surface area (Å²) in [4.78, 5) is 3.68. The highest BCUT2D eigenvalue weighted by Gasteiger charge is 2.29. The van der Waals surface area contributed by atoms with Crippen LogP contribution in [0.5, 0.6) is 0 Å². The van der Waals surface area contributed by atoms with Crippen LogP contribution in [0.3, 0.4) is 0 Å². The van der Waals surface area contributed by atoms with Gasteiger partial charge in [-0.15, -0.1) is 11.3 Å². The lowest BCUT2D eigenvalue weighted by molar-refractivity contribution is -0.0203. The predicted octanol–water partition coefficient (Wildman–Crippen LogP) is 1.49. The van der Waals surface area contributed by atoms with Gasteiger partial charge in [0, 0.05) is 24.0 Å². The van der Waals surface area contributed by atoms with Gasteiger partial charge in [-0.1, -0.05) is 6.07 Å². The van der Waals surface area contributed by atoms with Gasteiger partial charge in [0.05, 0.1) is 6.10 Å². The molecule has 1 aromatic heterocycles. The summed E-state index contributed by atoms with van der Waals surface area (Å²) >= 11 is 1.79. The Morgan fingerprint density at radius 3 is 2.92 bits per heavy atom. The maximum Gasteiger partial charge on any atom is 0.0794 e. The highest BCUT2D eigenvalue weighted by molar-refractivity contribution is 7.10. The van der Waals surface area contributed by atoms with Crippen molar-refractivity contribution in [2.75, 3.05) is 13.1 Å². The molecule has 12 heavy (non-hydrogen) atoms. The number of likely N-dealkylation sites (tertiary alicyclic amines) is 1. The fraction of sp³-hybridized carbons (Fsp3) is 0.556. The molecular weight excluding hydrogens is 170 g/mol. The van der Waals surface area contributed by atoms with Gasteiger partial charge in [0.25, 0.3) is 0 Å². The molecule has 1 atom stereocenters. The van der Waals surface area contributed by atoms with Gasteiger partial charge in [0.2, 0.25) is 0 Å². The molecule has 0 aromatic carbocycles. The highest BCUT2D eigenvalue weighted by atomic mass is 32.1. The van der Waals surface area contributed by atoms with Crippen LogP contribution >= 0.6 is 11.3 Å². The van der Waals surface area contributed by atoms with Gasteiger partial charge in [-0.25, -0.2) is 0 Å². The van der Waals surface area contributed by atoms with Crippen molar-refractivity contribution in [3.05, 3.63) is 22.4 Å². The molecule has 0 amide bonds. The first kappa shape index (κ1) is 8.23. The molecule has 1 fully saturated rings. The topological polar surface area (TPSA) is 23.5 Å². The molecule has 1 aliphatic rings. The van der Waals surface area contributed by atoms with Crippen molar-refractivity contribution >= 4 is 11.3 Å². The van der Waals surface area contributed by atoms with E-state index in [1.807, 2.05) is 0 Å². The van der Waals surface area contributed by atoms with Gasteiger partial charge in [-0.3, -0.25) is 4.90 Å². The third-order valence-corrected chi connectivity index (χ3v) is 3.44. The van der Waals surface area contributed by atoms with E-state index in [0.717, 1.165) is 13.1 Å². The second kappa shape index (κ2) is 3.17. The standard InChI is InChI=1S/C9H13NOS/c1-7(9-3-2-4-12-9)10-5-8(11)6-10/h2-4,7-8,11H,5-6H2,1H3. The van der Waals surface area contributed by atoms with Crippen molar-refractivity contribution in [2.45, 2.75) is 19.1 Å². The quantitative estimate of drug-likeness (QED) is 0.751. The number of nitrogens with zero attached hydrogens (tertiary/aromatic N) is 1. The molecule has 0 radical (unpaired) electrons. The molecular formula is C9H13NOS. The summed E-state index contributed by atoms with van der Waals surface area (Å²) in [5, 5.41) is 11.2. The second-order valence-electron chi connectivity index (χ2n) is 3.30. The lowest BCUT2D eigenvalue weighted by atomic mass is 10.1. The van der Waals surface area contributed by atoms with Crippen molar-refractivity contribution in [3.8, 4) is 0 Å². The molecule has 1 saturated heterocycles. The first-order valence-electron chi connectivity index (χ1n) is 4.23. The van der Waals surface area contributed by atoms with Crippen LogP contribution in [0.15, 0.2) is 17.5 Å². The molecule has 2 rings (SSSR count). The van der Waals surface area contributed by atoms with Gasteiger partial charge in [-0.05, 0) is 18.4 Å². The number of thiophene rings is 1. The van der Waals surface area contributed by atoms with Gasteiger partial charge >= 0.3 is 0 Å². The molecule has 2 nitrogen and oxygen atoms in total. The van der Waals surface area contributed by atoms with Crippen molar-refractivity contribution in [1.29, 1.82) is 0 Å². The van der Waals surface area contributed by atoms with E-state index in [4.69, 9.17) is 5.11 Å². The number of aliphatic hydroxyl groups excluding tert-OH is 1. The summed E-state index contributed by atoms with van der Waals surface area (Å²) in [7, 11) is 0. The fourth-order valence-corrected chi connectivity index (χ4v) is 2.33. The summed E-state index contributed by atoms with van der Waals surface area (Å²) in [6, 6.07) is 4.71. The second-order valence-corrected chi connectivity index (χ2v) is 4.28. The molecule has 1 aromatic rings. The molecule has 1 unspecified atom stereocenters. The average molecular weight is 183 g/mol. The lowest BCUT2D eigenvalue weighted by Gasteiger charge is -2.40. The number of β-amino-alcohol motifs (C(OH)–C–C–N with tert-alkyl or cyclic N) is 1. The summed E-state index contributed by atoms with van der Waals surface area (Å²) in [5.41, 5.74) is 0. The Balaban J connectivity index is 1.97. The van der Waals surface area contributed by atoms with Gasteiger partial charge in [0.15, 0.2) is 0 Å². The number of hydrogen-bond acceptors (Lipinski definition) is 3. The smallest absolute Gasteiger partial charge is 0.0794 e. The molecule has 0 saturated carbocycles. The van der Waals surface area contributed by atoms with Crippen LogP contribution in [0.1, 0.15) is 17.8 Å². The maximum absolute atomic E-state index is 9.13. The molecule has 2 heterocycles. The maximum atomic E-state index is 9.13. The summed E-state index contributed by atoms with van der Waals surface area (Å²) in [6.07, 6.45) is -0.0904. The summed E-state index contributed by atoms with van der Waals surface area (Å²) in [6.45, 7) is 3.86. The normalized spacial score (nSPS) is 22.2. The molecule has 3 heteroatoms. The number of hydrogen-bond donors (Lipinski definition) is 1. The van der Waals surface area contributed by atoms with E-state index < -0.39 is 0 Å². The molecule has 0 spiro atoms. The molecule has 0 aliphatic carbocycles. The summed E-state index contributed by atoms with van der Waals surface area (Å²) < 4.78 is 0.